The zero-order valence-electron chi connectivity index (χ0n) is 21.8. The lowest BCUT2D eigenvalue weighted by atomic mass is 9.94. The number of aryl methyl sites for hydroxylation is 2. The number of sulfonamides is 1. The lowest BCUT2D eigenvalue weighted by Crippen LogP contribution is -2.51. The Morgan fingerprint density at radius 2 is 1.89 bits per heavy atom. The van der Waals surface area contributed by atoms with E-state index in [4.69, 9.17) is 5.41 Å². The minimum atomic E-state index is -3.79. The van der Waals surface area contributed by atoms with Gasteiger partial charge >= 0.3 is 0 Å². The molecule has 1 atom stereocenters. The van der Waals surface area contributed by atoms with Gasteiger partial charge in [-0.3, -0.25) is 4.90 Å². The van der Waals surface area contributed by atoms with Crippen molar-refractivity contribution in [2.75, 3.05) is 31.5 Å². The van der Waals surface area contributed by atoms with Gasteiger partial charge in [-0.25, -0.2) is 12.8 Å². The third-order valence-electron chi connectivity index (χ3n) is 7.68. The fourth-order valence-electron chi connectivity index (χ4n) is 5.65. The lowest BCUT2D eigenvalue weighted by molar-refractivity contribution is 0.0997. The molecule has 1 saturated heterocycles. The Balaban J connectivity index is 1.48. The van der Waals surface area contributed by atoms with Gasteiger partial charge in [-0.1, -0.05) is 12.8 Å². The van der Waals surface area contributed by atoms with E-state index in [0.29, 0.717) is 31.1 Å². The van der Waals surface area contributed by atoms with E-state index in [9.17, 15) is 12.8 Å². The molecule has 1 aliphatic heterocycles. The van der Waals surface area contributed by atoms with Gasteiger partial charge in [0.2, 0.25) is 5.03 Å². The van der Waals surface area contributed by atoms with Crippen LogP contribution in [0.1, 0.15) is 48.4 Å². The molecule has 1 saturated carbocycles. The molecule has 0 radical (unpaired) electrons. The molecule has 11 heteroatoms. The smallest absolute Gasteiger partial charge is 0.264 e. The van der Waals surface area contributed by atoms with Crippen LogP contribution in [-0.4, -0.2) is 65.0 Å². The number of benzene rings is 2. The first-order chi connectivity index (χ1) is 18.2. The summed E-state index contributed by atoms with van der Waals surface area (Å²) in [6, 6.07) is 9.92. The zero-order valence-corrected chi connectivity index (χ0v) is 22.6. The predicted molar refractivity (Wildman–Crippen MR) is 145 cm³/mol. The van der Waals surface area contributed by atoms with Crippen LogP contribution in [0.2, 0.25) is 0 Å². The Morgan fingerprint density at radius 3 is 2.55 bits per heavy atom. The van der Waals surface area contributed by atoms with E-state index in [0.717, 1.165) is 29.0 Å². The van der Waals surface area contributed by atoms with Gasteiger partial charge in [-0.05, 0) is 73.2 Å². The quantitative estimate of drug-likeness (QED) is 0.415. The van der Waals surface area contributed by atoms with Crippen molar-refractivity contribution in [1.29, 1.82) is 5.41 Å². The molecule has 0 amide bonds. The number of piperazine rings is 1. The van der Waals surface area contributed by atoms with E-state index >= 15 is 0 Å². The zero-order chi connectivity index (χ0) is 26.9. The highest BCUT2D eigenvalue weighted by molar-refractivity contribution is 7.89. The van der Waals surface area contributed by atoms with E-state index in [1.165, 1.54) is 59.3 Å². The molecule has 38 heavy (non-hydrogen) atoms. The summed E-state index contributed by atoms with van der Waals surface area (Å²) in [5.41, 5.74) is 4.16. The number of halogens is 1. The van der Waals surface area contributed by atoms with Gasteiger partial charge in [-0.2, -0.15) is 14.2 Å². The second kappa shape index (κ2) is 10.9. The molecule has 202 valence electrons. The molecule has 2 fully saturated rings. The molecule has 1 aliphatic carbocycles. The Kier molecular flexibility index (Phi) is 7.60. The topological polar surface area (TPSA) is 107 Å². The fourth-order valence-corrected chi connectivity index (χ4v) is 6.97. The lowest BCUT2D eigenvalue weighted by Gasteiger charge is -2.42. The van der Waals surface area contributed by atoms with Crippen LogP contribution in [0.3, 0.4) is 0 Å². The van der Waals surface area contributed by atoms with Crippen LogP contribution in [0.15, 0.2) is 47.6 Å². The van der Waals surface area contributed by atoms with Gasteiger partial charge in [0.25, 0.3) is 10.0 Å². The van der Waals surface area contributed by atoms with Crippen molar-refractivity contribution in [3.05, 3.63) is 65.1 Å². The molecule has 0 bridgehead atoms. The Labute approximate surface area is 223 Å². The summed E-state index contributed by atoms with van der Waals surface area (Å²) < 4.78 is 41.8. The monoisotopic (exact) mass is 539 g/mol. The SMILES string of the molecule is Cc1cc(Nc2ccc(F)cc2)c(C=N)cc1[C@@H]1CN(S(=O)(=O)c2cnn(C)n2)CCN1CC1CCCC1. The van der Waals surface area contributed by atoms with Crippen molar-refractivity contribution in [3.8, 4) is 0 Å². The number of rotatable bonds is 8. The van der Waals surface area contributed by atoms with Gasteiger partial charge in [0.15, 0.2) is 0 Å². The van der Waals surface area contributed by atoms with Gasteiger partial charge < -0.3 is 10.7 Å². The van der Waals surface area contributed by atoms with E-state index in [-0.39, 0.29) is 16.9 Å². The van der Waals surface area contributed by atoms with Crippen molar-refractivity contribution in [2.24, 2.45) is 13.0 Å². The van der Waals surface area contributed by atoms with Crippen LogP contribution in [0.5, 0.6) is 0 Å². The molecule has 2 heterocycles. The van der Waals surface area contributed by atoms with Crippen LogP contribution < -0.4 is 5.32 Å². The normalized spacial score (nSPS) is 19.6. The van der Waals surface area contributed by atoms with Crippen molar-refractivity contribution >= 4 is 27.6 Å². The Morgan fingerprint density at radius 1 is 1.16 bits per heavy atom. The highest BCUT2D eigenvalue weighted by atomic mass is 32.2. The maximum atomic E-state index is 13.4. The van der Waals surface area contributed by atoms with E-state index in [1.807, 2.05) is 19.1 Å². The minimum absolute atomic E-state index is 0.0428. The average molecular weight is 540 g/mol. The summed E-state index contributed by atoms with van der Waals surface area (Å²) in [5, 5.41) is 19.4. The first kappa shape index (κ1) is 26.5. The summed E-state index contributed by atoms with van der Waals surface area (Å²) in [7, 11) is -2.19. The van der Waals surface area contributed by atoms with Gasteiger partial charge in [-0.15, -0.1) is 5.10 Å². The minimum Gasteiger partial charge on any atom is -0.355 e. The largest absolute Gasteiger partial charge is 0.355 e. The summed E-state index contributed by atoms with van der Waals surface area (Å²) >= 11 is 0. The first-order valence-corrected chi connectivity index (χ1v) is 14.5. The molecule has 2 aliphatic rings. The van der Waals surface area contributed by atoms with Crippen molar-refractivity contribution in [2.45, 2.75) is 43.7 Å². The molecule has 1 aromatic heterocycles. The second-order valence-corrected chi connectivity index (χ2v) is 12.2. The van der Waals surface area contributed by atoms with Crippen LogP contribution >= 0.6 is 0 Å². The van der Waals surface area contributed by atoms with E-state index in [1.54, 1.807) is 19.2 Å². The number of hydrogen-bond acceptors (Lipinski definition) is 7. The maximum absolute atomic E-state index is 13.4. The van der Waals surface area contributed by atoms with Crippen LogP contribution in [0.25, 0.3) is 0 Å². The summed E-state index contributed by atoms with van der Waals surface area (Å²) in [6.45, 7) is 4.26. The second-order valence-electron chi connectivity index (χ2n) is 10.3. The van der Waals surface area contributed by atoms with Crippen molar-refractivity contribution < 1.29 is 12.8 Å². The van der Waals surface area contributed by atoms with Gasteiger partial charge in [0.1, 0.15) is 5.82 Å². The summed E-state index contributed by atoms with van der Waals surface area (Å²) in [4.78, 5) is 3.68. The molecule has 2 aromatic carbocycles. The van der Waals surface area contributed by atoms with Gasteiger partial charge in [0.05, 0.1) is 6.20 Å². The van der Waals surface area contributed by atoms with Crippen molar-refractivity contribution in [3.63, 3.8) is 0 Å². The summed E-state index contributed by atoms with van der Waals surface area (Å²) in [5.74, 6) is 0.303. The molecule has 0 unspecified atom stereocenters. The standard InChI is InChI=1S/C27H34FN7O2S/c1-19-13-25(31-23-9-7-22(28)8-10-23)21(15-29)14-24(19)26-18-35(38(36,37)27-16-30-33(2)32-27)12-11-34(26)17-20-5-3-4-6-20/h7-10,13-16,20,26,29,31H,3-6,11-12,17-18H2,1-2H3/t26-/m0/s1. The Bertz CT molecular complexity index is 1400. The average Bonchev–Trinajstić information content (AvgIpc) is 3.58. The number of anilines is 2. The Hall–Kier alpha value is -3.15. The summed E-state index contributed by atoms with van der Waals surface area (Å²) in [6.07, 6.45) is 7.50. The number of hydrogen-bond donors (Lipinski definition) is 2. The molecule has 9 nitrogen and oxygen atoms in total. The number of aromatic nitrogens is 3. The molecule has 5 rings (SSSR count). The van der Waals surface area contributed by atoms with E-state index < -0.39 is 10.0 Å². The molecule has 0 spiro atoms. The molecule has 3 aromatic rings. The maximum Gasteiger partial charge on any atom is 0.264 e. The first-order valence-electron chi connectivity index (χ1n) is 13.0. The third-order valence-corrected chi connectivity index (χ3v) is 9.41. The highest BCUT2D eigenvalue weighted by Crippen LogP contribution is 2.36. The highest BCUT2D eigenvalue weighted by Gasteiger charge is 2.38. The predicted octanol–water partition coefficient (Wildman–Crippen LogP) is 4.24. The number of nitrogens with one attached hydrogen (secondary N) is 2. The molecular formula is C27H34FN7O2S. The molecule has 2 N–H and O–H groups in total. The third kappa shape index (κ3) is 5.50. The molecular weight excluding hydrogens is 505 g/mol. The van der Waals surface area contributed by atoms with Crippen LogP contribution in [-0.2, 0) is 17.1 Å². The van der Waals surface area contributed by atoms with Crippen LogP contribution in [0.4, 0.5) is 15.8 Å². The fraction of sp³-hybridized carbons (Fsp3) is 0.444. The number of nitrogens with zero attached hydrogens (tertiary/aromatic N) is 5. The van der Waals surface area contributed by atoms with E-state index in [2.05, 4.69) is 20.4 Å². The van der Waals surface area contributed by atoms with Crippen LogP contribution in [0, 0.1) is 24.1 Å². The van der Waals surface area contributed by atoms with Crippen molar-refractivity contribution in [1.82, 2.24) is 24.2 Å². The van der Waals surface area contributed by atoms with Gasteiger partial charge in [0, 0.05) is 62.4 Å².